The summed E-state index contributed by atoms with van der Waals surface area (Å²) in [6.07, 6.45) is 1.24. The van der Waals surface area contributed by atoms with Crippen LogP contribution >= 0.6 is 15.9 Å². The number of halogens is 2. The van der Waals surface area contributed by atoms with Gasteiger partial charge in [-0.3, -0.25) is 0 Å². The second kappa shape index (κ2) is 6.81. The van der Waals surface area contributed by atoms with Gasteiger partial charge < -0.3 is 5.32 Å². The van der Waals surface area contributed by atoms with Crippen molar-refractivity contribution in [3.8, 4) is 0 Å². The van der Waals surface area contributed by atoms with Crippen LogP contribution in [-0.2, 0) is 0 Å². The van der Waals surface area contributed by atoms with E-state index >= 15 is 0 Å². The molecule has 0 saturated carbocycles. The normalized spacial score (nSPS) is 10.5. The van der Waals surface area contributed by atoms with Gasteiger partial charge in [0.05, 0.1) is 6.21 Å². The Morgan fingerprint density at radius 2 is 1.95 bits per heavy atom. The maximum Gasteiger partial charge on any atom is 0.339 e. The number of carbonyl (C=O) groups excluding carboxylic acids is 1. The van der Waals surface area contributed by atoms with E-state index in [0.29, 0.717) is 5.69 Å². The topological polar surface area (TPSA) is 53.5 Å². The number of rotatable bonds is 3. The predicted molar refractivity (Wildman–Crippen MR) is 80.3 cm³/mol. The lowest BCUT2D eigenvalue weighted by Crippen LogP contribution is -2.24. The van der Waals surface area contributed by atoms with Gasteiger partial charge >= 0.3 is 6.03 Å². The van der Waals surface area contributed by atoms with Crippen LogP contribution in [0.3, 0.4) is 0 Å². The van der Waals surface area contributed by atoms with Crippen molar-refractivity contribution in [1.29, 1.82) is 0 Å². The predicted octanol–water partition coefficient (Wildman–Crippen LogP) is 3.74. The van der Waals surface area contributed by atoms with Crippen molar-refractivity contribution >= 4 is 33.9 Å². The molecule has 0 atom stereocenters. The van der Waals surface area contributed by atoms with Crippen LogP contribution in [0.1, 0.15) is 5.56 Å². The maximum absolute atomic E-state index is 13.4. The number of para-hydroxylation sites is 1. The highest BCUT2D eigenvalue weighted by atomic mass is 79.9. The van der Waals surface area contributed by atoms with Crippen molar-refractivity contribution in [2.75, 3.05) is 5.32 Å². The fourth-order valence-electron chi connectivity index (χ4n) is 1.45. The second-order valence-corrected chi connectivity index (χ2v) is 4.77. The van der Waals surface area contributed by atoms with Crippen LogP contribution in [0.5, 0.6) is 0 Å². The zero-order valence-electron chi connectivity index (χ0n) is 10.3. The quantitative estimate of drug-likeness (QED) is 0.651. The highest BCUT2D eigenvalue weighted by molar-refractivity contribution is 9.10. The summed E-state index contributed by atoms with van der Waals surface area (Å²) < 4.78 is 14.1. The lowest BCUT2D eigenvalue weighted by molar-refractivity contribution is 0.252. The largest absolute Gasteiger partial charge is 0.339 e. The molecule has 6 heteroatoms. The van der Waals surface area contributed by atoms with Crippen LogP contribution in [0.15, 0.2) is 58.1 Å². The summed E-state index contributed by atoms with van der Waals surface area (Å²) in [4.78, 5) is 11.5. The van der Waals surface area contributed by atoms with E-state index in [4.69, 9.17) is 0 Å². The molecule has 0 aromatic heterocycles. The zero-order valence-corrected chi connectivity index (χ0v) is 11.9. The Balaban J connectivity index is 1.93. The minimum atomic E-state index is -0.497. The van der Waals surface area contributed by atoms with E-state index in [1.54, 1.807) is 36.4 Å². The van der Waals surface area contributed by atoms with Crippen LogP contribution in [0.25, 0.3) is 0 Å². The Labute approximate surface area is 123 Å². The molecule has 0 aliphatic rings. The molecule has 0 aliphatic heterocycles. The number of hydrogen-bond acceptors (Lipinski definition) is 2. The lowest BCUT2D eigenvalue weighted by Gasteiger charge is -2.03. The molecule has 2 aromatic rings. The molecule has 0 bridgehead atoms. The smallest absolute Gasteiger partial charge is 0.307 e. The Morgan fingerprint density at radius 1 is 1.20 bits per heavy atom. The average molecular weight is 336 g/mol. The van der Waals surface area contributed by atoms with Crippen LogP contribution in [0.4, 0.5) is 14.9 Å². The van der Waals surface area contributed by atoms with Crippen molar-refractivity contribution in [2.45, 2.75) is 0 Å². The van der Waals surface area contributed by atoms with Crippen molar-refractivity contribution in [1.82, 2.24) is 5.43 Å². The van der Waals surface area contributed by atoms with Gasteiger partial charge in [0.1, 0.15) is 5.82 Å². The number of anilines is 1. The number of carbonyl (C=O) groups is 1. The summed E-state index contributed by atoms with van der Waals surface area (Å²) in [6, 6.07) is 12.9. The first kappa shape index (κ1) is 14.2. The molecule has 102 valence electrons. The van der Waals surface area contributed by atoms with E-state index in [2.05, 4.69) is 31.8 Å². The lowest BCUT2D eigenvalue weighted by atomic mass is 10.2. The molecule has 0 spiro atoms. The molecule has 0 saturated heterocycles. The molecule has 2 N–H and O–H groups in total. The first-order chi connectivity index (χ1) is 9.65. The fraction of sp³-hybridized carbons (Fsp3) is 0. The first-order valence-corrected chi connectivity index (χ1v) is 6.54. The third-order valence-corrected chi connectivity index (χ3v) is 2.85. The zero-order chi connectivity index (χ0) is 14.4. The number of amides is 2. The Morgan fingerprint density at radius 3 is 2.70 bits per heavy atom. The number of urea groups is 1. The van der Waals surface area contributed by atoms with Gasteiger partial charge in [0.2, 0.25) is 0 Å². The standard InChI is InChI=1S/C14H11BrFN3O/c15-11-6-7-13(16)10(8-11)9-17-19-14(20)18-12-4-2-1-3-5-12/h1-9H,(H2,18,19,20)/b17-9-. The van der Waals surface area contributed by atoms with E-state index in [9.17, 15) is 9.18 Å². The molecular weight excluding hydrogens is 325 g/mol. The minimum Gasteiger partial charge on any atom is -0.307 e. The molecule has 0 heterocycles. The van der Waals surface area contributed by atoms with Crippen molar-refractivity contribution in [3.63, 3.8) is 0 Å². The monoisotopic (exact) mass is 335 g/mol. The van der Waals surface area contributed by atoms with E-state index < -0.39 is 11.8 Å². The van der Waals surface area contributed by atoms with Gasteiger partial charge in [-0.1, -0.05) is 34.1 Å². The summed E-state index contributed by atoms with van der Waals surface area (Å²) in [7, 11) is 0. The summed E-state index contributed by atoms with van der Waals surface area (Å²) in [6.45, 7) is 0. The number of benzene rings is 2. The molecule has 4 nitrogen and oxygen atoms in total. The fourth-order valence-corrected chi connectivity index (χ4v) is 1.83. The summed E-state index contributed by atoms with van der Waals surface area (Å²) in [5, 5.41) is 6.28. The molecule has 0 fully saturated rings. The number of hydrazone groups is 1. The van der Waals surface area contributed by atoms with Crippen LogP contribution < -0.4 is 10.7 Å². The van der Waals surface area contributed by atoms with Gasteiger partial charge in [-0.25, -0.2) is 14.6 Å². The third-order valence-electron chi connectivity index (χ3n) is 2.36. The average Bonchev–Trinajstić information content (AvgIpc) is 2.44. The van der Waals surface area contributed by atoms with E-state index in [1.165, 1.54) is 12.3 Å². The number of nitrogens with one attached hydrogen (secondary N) is 2. The number of hydrogen-bond donors (Lipinski definition) is 2. The van der Waals surface area contributed by atoms with Crippen molar-refractivity contribution < 1.29 is 9.18 Å². The molecule has 0 radical (unpaired) electrons. The first-order valence-electron chi connectivity index (χ1n) is 5.75. The molecule has 0 aliphatic carbocycles. The third kappa shape index (κ3) is 4.17. The molecule has 0 unspecified atom stereocenters. The van der Waals surface area contributed by atoms with Gasteiger partial charge in [-0.05, 0) is 30.3 Å². The Bertz CT molecular complexity index is 632. The highest BCUT2D eigenvalue weighted by Crippen LogP contribution is 2.13. The molecule has 2 amide bonds. The van der Waals surface area contributed by atoms with Gasteiger partial charge in [-0.15, -0.1) is 0 Å². The van der Waals surface area contributed by atoms with Crippen molar-refractivity contribution in [2.24, 2.45) is 5.10 Å². The SMILES string of the molecule is O=C(N/N=C\c1cc(Br)ccc1F)Nc1ccccc1. The van der Waals surface area contributed by atoms with Crippen LogP contribution in [0, 0.1) is 5.82 Å². The summed E-state index contributed by atoms with van der Waals surface area (Å²) >= 11 is 3.23. The van der Waals surface area contributed by atoms with Crippen LogP contribution in [-0.4, -0.2) is 12.2 Å². The van der Waals surface area contributed by atoms with Crippen LogP contribution in [0.2, 0.25) is 0 Å². The van der Waals surface area contributed by atoms with E-state index in [-0.39, 0.29) is 5.56 Å². The van der Waals surface area contributed by atoms with Gasteiger partial charge in [0, 0.05) is 15.7 Å². The van der Waals surface area contributed by atoms with Gasteiger partial charge in [0.15, 0.2) is 0 Å². The maximum atomic E-state index is 13.4. The van der Waals surface area contributed by atoms with Gasteiger partial charge in [-0.2, -0.15) is 5.10 Å². The summed E-state index contributed by atoms with van der Waals surface area (Å²) in [5.41, 5.74) is 3.19. The minimum absolute atomic E-state index is 0.277. The highest BCUT2D eigenvalue weighted by Gasteiger charge is 2.01. The van der Waals surface area contributed by atoms with E-state index in [1.807, 2.05) is 6.07 Å². The Kier molecular flexibility index (Phi) is 4.84. The summed E-state index contributed by atoms with van der Waals surface area (Å²) in [5.74, 6) is -0.415. The Hall–Kier alpha value is -2.21. The van der Waals surface area contributed by atoms with E-state index in [0.717, 1.165) is 4.47 Å². The number of nitrogens with zero attached hydrogens (tertiary/aromatic N) is 1. The molecule has 2 aromatic carbocycles. The molecule has 20 heavy (non-hydrogen) atoms. The molecular formula is C14H11BrFN3O. The molecule has 2 rings (SSSR count). The second-order valence-electron chi connectivity index (χ2n) is 3.86. The van der Waals surface area contributed by atoms with Crippen molar-refractivity contribution in [3.05, 3.63) is 64.4 Å². The van der Waals surface area contributed by atoms with Gasteiger partial charge in [0.25, 0.3) is 0 Å².